The average Bonchev–Trinajstić information content (AvgIpc) is 3.06. The number of phenolic OH excluding ortho intramolecular Hbond substituents is 2. The summed E-state index contributed by atoms with van der Waals surface area (Å²) < 4.78 is 10.3. The highest BCUT2D eigenvalue weighted by Crippen LogP contribution is 2.57. The van der Waals surface area contributed by atoms with Crippen LogP contribution in [0.3, 0.4) is 0 Å². The molecule has 0 aliphatic carbocycles. The largest absolute Gasteiger partial charge is 0.506 e. The van der Waals surface area contributed by atoms with Crippen molar-refractivity contribution in [1.29, 1.82) is 0 Å². The first-order valence-corrected chi connectivity index (χ1v) is 14.7. The Bertz CT molecular complexity index is 1230. The number of esters is 1. The summed E-state index contributed by atoms with van der Waals surface area (Å²) in [6.07, 6.45) is 0. The summed E-state index contributed by atoms with van der Waals surface area (Å²) in [7, 11) is 0. The number of aromatic hydroxyl groups is 2. The van der Waals surface area contributed by atoms with Crippen LogP contribution in [0.2, 0.25) is 0 Å². The molecule has 0 saturated carbocycles. The van der Waals surface area contributed by atoms with Gasteiger partial charge in [-0.3, -0.25) is 0 Å². The van der Waals surface area contributed by atoms with Crippen molar-refractivity contribution in [3.05, 3.63) is 82.3 Å². The van der Waals surface area contributed by atoms with Crippen LogP contribution in [-0.4, -0.2) is 16.2 Å². The molecule has 166 valence electrons. The molecule has 0 bridgehead atoms. The predicted molar refractivity (Wildman–Crippen MR) is 150 cm³/mol. The number of hydrogen-bond donors (Lipinski definition) is 2. The van der Waals surface area contributed by atoms with Gasteiger partial charge in [0.2, 0.25) is 0 Å². The van der Waals surface area contributed by atoms with Gasteiger partial charge in [-0.25, -0.2) is 4.79 Å². The van der Waals surface area contributed by atoms with E-state index in [1.54, 1.807) is 24.3 Å². The van der Waals surface area contributed by atoms with Gasteiger partial charge in [-0.15, -0.1) is 0 Å². The van der Waals surface area contributed by atoms with Gasteiger partial charge in [0.05, 0.1) is 23.5 Å². The fourth-order valence-corrected chi connectivity index (χ4v) is 8.44. The van der Waals surface area contributed by atoms with Gasteiger partial charge in [0.15, 0.2) is 5.60 Å². The molecule has 3 aromatic rings. The quantitative estimate of drug-likeness (QED) is 0.153. The van der Waals surface area contributed by atoms with Gasteiger partial charge < -0.3 is 14.9 Å². The normalized spacial score (nSPS) is 14.4. The summed E-state index contributed by atoms with van der Waals surface area (Å²) in [6, 6.07) is 6.75. The topological polar surface area (TPSA) is 66.8 Å². The predicted octanol–water partition coefficient (Wildman–Crippen LogP) is 9.66. The molecular formula is C20H6Br8O4. The molecule has 0 saturated heterocycles. The van der Waals surface area contributed by atoms with E-state index in [2.05, 4.69) is 127 Å². The Kier molecular flexibility index (Phi) is 7.39. The van der Waals surface area contributed by atoms with Gasteiger partial charge in [0.25, 0.3) is 0 Å². The monoisotopic (exact) mass is 941 g/mol. The minimum absolute atomic E-state index is 0.0127. The Morgan fingerprint density at radius 2 is 1.00 bits per heavy atom. The third-order valence-corrected chi connectivity index (χ3v) is 12.1. The van der Waals surface area contributed by atoms with E-state index in [-0.39, 0.29) is 11.5 Å². The summed E-state index contributed by atoms with van der Waals surface area (Å²) in [6.45, 7) is 0. The zero-order valence-electron chi connectivity index (χ0n) is 15.0. The Balaban J connectivity index is 2.23. The van der Waals surface area contributed by atoms with Crippen molar-refractivity contribution in [2.24, 2.45) is 0 Å². The summed E-state index contributed by atoms with van der Waals surface area (Å²) in [4.78, 5) is 13.3. The Morgan fingerprint density at radius 3 is 1.41 bits per heavy atom. The SMILES string of the molecule is O=C1OC(c2cc(Br)c(O)c(Br)c2)(c2cc(Br)c(O)c(Br)c2)c2c(Br)c(Br)c(Br)c(Br)c21. The molecule has 0 amide bonds. The minimum atomic E-state index is -1.42. The second-order valence-electron chi connectivity index (χ2n) is 6.65. The van der Waals surface area contributed by atoms with E-state index >= 15 is 0 Å². The second kappa shape index (κ2) is 9.22. The van der Waals surface area contributed by atoms with Crippen LogP contribution < -0.4 is 0 Å². The molecule has 0 fully saturated rings. The third kappa shape index (κ3) is 3.83. The van der Waals surface area contributed by atoms with Crippen molar-refractivity contribution in [3.8, 4) is 11.5 Å². The molecule has 0 spiro atoms. The molecule has 0 aromatic heterocycles. The Hall–Kier alpha value is 0.570. The third-order valence-electron chi connectivity index (χ3n) is 4.92. The fourth-order valence-electron chi connectivity index (χ4n) is 3.51. The molecule has 0 unspecified atom stereocenters. The van der Waals surface area contributed by atoms with Crippen molar-refractivity contribution in [3.63, 3.8) is 0 Å². The van der Waals surface area contributed by atoms with E-state index < -0.39 is 11.6 Å². The van der Waals surface area contributed by atoms with Gasteiger partial charge in [0, 0.05) is 34.6 Å². The highest BCUT2D eigenvalue weighted by molar-refractivity contribution is 9.15. The number of halogens is 8. The van der Waals surface area contributed by atoms with Gasteiger partial charge >= 0.3 is 5.97 Å². The number of carbonyl (C=O) groups excluding carboxylic acids is 1. The van der Waals surface area contributed by atoms with Gasteiger partial charge in [0.1, 0.15) is 11.5 Å². The highest BCUT2D eigenvalue weighted by Gasteiger charge is 2.52. The minimum Gasteiger partial charge on any atom is -0.506 e. The summed E-state index contributed by atoms with van der Waals surface area (Å²) in [5, 5.41) is 20.6. The number of benzene rings is 3. The summed E-state index contributed by atoms with van der Waals surface area (Å²) in [5.41, 5.74) is 0.597. The van der Waals surface area contributed by atoms with Crippen LogP contribution in [0, 0.1) is 0 Å². The van der Waals surface area contributed by atoms with E-state index in [1.807, 2.05) is 0 Å². The number of fused-ring (bicyclic) bond motifs is 1. The molecule has 1 heterocycles. The zero-order valence-corrected chi connectivity index (χ0v) is 27.7. The average molecular weight is 949 g/mol. The molecule has 1 aliphatic rings. The lowest BCUT2D eigenvalue weighted by Crippen LogP contribution is -2.30. The number of cyclic esters (lactones) is 1. The lowest BCUT2D eigenvalue weighted by Gasteiger charge is -2.32. The number of rotatable bonds is 2. The Labute approximate surface area is 249 Å². The van der Waals surface area contributed by atoms with Crippen molar-refractivity contribution in [1.82, 2.24) is 0 Å². The molecule has 2 N–H and O–H groups in total. The molecular weight excluding hydrogens is 943 g/mol. The highest BCUT2D eigenvalue weighted by atomic mass is 79.9. The molecule has 1 aliphatic heterocycles. The molecule has 4 rings (SSSR count). The molecule has 0 atom stereocenters. The molecule has 4 nitrogen and oxygen atoms in total. The van der Waals surface area contributed by atoms with Crippen LogP contribution in [0.15, 0.2) is 60.0 Å². The van der Waals surface area contributed by atoms with Gasteiger partial charge in [-0.2, -0.15) is 0 Å². The fraction of sp³-hybridized carbons (Fsp3) is 0.0500. The second-order valence-corrected chi connectivity index (χ2v) is 13.2. The van der Waals surface area contributed by atoms with Crippen molar-refractivity contribution in [2.75, 3.05) is 0 Å². The summed E-state index contributed by atoms with van der Waals surface area (Å²) in [5.74, 6) is -0.515. The van der Waals surface area contributed by atoms with E-state index in [0.29, 0.717) is 58.0 Å². The zero-order chi connectivity index (χ0) is 23.7. The molecule has 3 aromatic carbocycles. The molecule has 0 radical (unpaired) electrons. The van der Waals surface area contributed by atoms with Crippen molar-refractivity contribution >= 4 is 133 Å². The maximum Gasteiger partial charge on any atom is 0.341 e. The lowest BCUT2D eigenvalue weighted by molar-refractivity contribution is 0.0249. The first kappa shape index (κ1) is 25.7. The number of phenols is 2. The van der Waals surface area contributed by atoms with Crippen LogP contribution in [0.1, 0.15) is 27.0 Å². The van der Waals surface area contributed by atoms with Crippen LogP contribution in [0.4, 0.5) is 0 Å². The van der Waals surface area contributed by atoms with Gasteiger partial charge in [-0.1, -0.05) is 0 Å². The van der Waals surface area contributed by atoms with Crippen LogP contribution in [0.5, 0.6) is 11.5 Å². The van der Waals surface area contributed by atoms with E-state index in [0.717, 1.165) is 0 Å². The standard InChI is InChI=1S/C20H6Br8O4/c21-7-1-5(2-8(22)17(7)29)20(6-3-9(23)18(30)10(24)4-6)12-11(19(31)32-20)13(25)15(27)16(28)14(12)26/h1-4,29-30H. The maximum atomic E-state index is 13.3. The van der Waals surface area contributed by atoms with Gasteiger partial charge in [-0.05, 0) is 152 Å². The Morgan fingerprint density at radius 1 is 0.625 bits per heavy atom. The number of carbonyl (C=O) groups is 1. The first-order valence-electron chi connectivity index (χ1n) is 8.38. The van der Waals surface area contributed by atoms with Crippen LogP contribution >= 0.6 is 127 Å². The van der Waals surface area contributed by atoms with E-state index in [9.17, 15) is 15.0 Å². The maximum absolute atomic E-state index is 13.3. The summed E-state index contributed by atoms with van der Waals surface area (Å²) >= 11 is 27.7. The van der Waals surface area contributed by atoms with Crippen LogP contribution in [0.25, 0.3) is 0 Å². The number of hydrogen-bond acceptors (Lipinski definition) is 4. The molecule has 12 heteroatoms. The van der Waals surface area contributed by atoms with Crippen LogP contribution in [-0.2, 0) is 10.3 Å². The van der Waals surface area contributed by atoms with E-state index in [4.69, 9.17) is 4.74 Å². The first-order chi connectivity index (χ1) is 14.9. The van der Waals surface area contributed by atoms with Crippen molar-refractivity contribution < 1.29 is 19.7 Å². The lowest BCUT2D eigenvalue weighted by atomic mass is 9.80. The smallest absolute Gasteiger partial charge is 0.341 e. The molecule has 32 heavy (non-hydrogen) atoms. The number of ether oxygens (including phenoxy) is 1. The van der Waals surface area contributed by atoms with Crippen molar-refractivity contribution in [2.45, 2.75) is 5.60 Å². The van der Waals surface area contributed by atoms with E-state index in [1.165, 1.54) is 0 Å².